The summed E-state index contributed by atoms with van der Waals surface area (Å²) in [5.74, 6) is 0.178. The average molecular weight is 217 g/mol. The maximum Gasteiger partial charge on any atom is 0.0719 e. The second kappa shape index (κ2) is 6.46. The summed E-state index contributed by atoms with van der Waals surface area (Å²) in [4.78, 5) is 0. The highest BCUT2D eigenvalue weighted by atomic mass is 16.3. The first kappa shape index (κ1) is 14.9. The van der Waals surface area contributed by atoms with Crippen LogP contribution in [0.1, 0.15) is 53.4 Å². The lowest BCUT2D eigenvalue weighted by atomic mass is 9.73. The molecule has 0 fully saturated rings. The molecule has 0 aliphatic rings. The molecule has 3 atom stereocenters. The van der Waals surface area contributed by atoms with E-state index in [0.717, 1.165) is 25.7 Å². The quantitative estimate of drug-likeness (QED) is 0.607. The van der Waals surface area contributed by atoms with Crippen molar-refractivity contribution in [3.63, 3.8) is 0 Å². The van der Waals surface area contributed by atoms with E-state index < -0.39 is 17.7 Å². The summed E-state index contributed by atoms with van der Waals surface area (Å²) in [6.07, 6.45) is 2.72. The van der Waals surface area contributed by atoms with Crippen molar-refractivity contribution in [1.82, 2.24) is 0 Å². The predicted octanol–water partition coefficient (Wildman–Crippen LogP) is 1.66. The molecule has 0 heterocycles. The van der Waals surface area contributed by atoms with Crippen molar-refractivity contribution in [3.05, 3.63) is 0 Å². The molecule has 0 aromatic rings. The number of nitrogens with two attached hydrogens (primary N) is 1. The van der Waals surface area contributed by atoms with Crippen LogP contribution in [0, 0.1) is 5.92 Å². The third-order valence-corrected chi connectivity index (χ3v) is 3.55. The zero-order valence-corrected chi connectivity index (χ0v) is 10.5. The van der Waals surface area contributed by atoms with Crippen LogP contribution in [0.5, 0.6) is 0 Å². The zero-order chi connectivity index (χ0) is 12.1. The maximum atomic E-state index is 9.76. The lowest BCUT2D eigenvalue weighted by molar-refractivity contribution is -0.0310. The summed E-state index contributed by atoms with van der Waals surface area (Å²) >= 11 is 0. The number of unbranched alkanes of at least 4 members (excludes halogenated alkanes) is 1. The van der Waals surface area contributed by atoms with E-state index in [4.69, 9.17) is 5.73 Å². The molecule has 3 unspecified atom stereocenters. The van der Waals surface area contributed by atoms with Gasteiger partial charge in [0, 0.05) is 0 Å². The van der Waals surface area contributed by atoms with E-state index in [1.54, 1.807) is 13.8 Å². The number of hydrogen-bond donors (Lipinski definition) is 3. The van der Waals surface area contributed by atoms with Crippen molar-refractivity contribution in [2.75, 3.05) is 0 Å². The van der Waals surface area contributed by atoms with Gasteiger partial charge >= 0.3 is 0 Å². The molecule has 0 aliphatic heterocycles. The van der Waals surface area contributed by atoms with Crippen LogP contribution < -0.4 is 5.73 Å². The molecule has 4 N–H and O–H groups in total. The molecule has 0 radical (unpaired) electrons. The van der Waals surface area contributed by atoms with Crippen molar-refractivity contribution < 1.29 is 10.2 Å². The van der Waals surface area contributed by atoms with E-state index in [0.29, 0.717) is 0 Å². The fourth-order valence-corrected chi connectivity index (χ4v) is 2.29. The van der Waals surface area contributed by atoms with E-state index in [2.05, 4.69) is 13.8 Å². The molecule has 0 saturated heterocycles. The largest absolute Gasteiger partial charge is 0.391 e. The van der Waals surface area contributed by atoms with Crippen LogP contribution in [0.15, 0.2) is 0 Å². The molecule has 92 valence electrons. The van der Waals surface area contributed by atoms with Crippen LogP contribution in [-0.2, 0) is 0 Å². The van der Waals surface area contributed by atoms with Crippen molar-refractivity contribution in [2.45, 2.75) is 71.1 Å². The molecule has 0 spiro atoms. The molecule has 3 heteroatoms. The Labute approximate surface area is 93.7 Å². The van der Waals surface area contributed by atoms with Gasteiger partial charge in [-0.25, -0.2) is 0 Å². The smallest absolute Gasteiger partial charge is 0.0719 e. The minimum absolute atomic E-state index is 0.178. The second-order valence-electron chi connectivity index (χ2n) is 4.60. The summed E-state index contributed by atoms with van der Waals surface area (Å²) in [6, 6.07) is 0. The summed E-state index contributed by atoms with van der Waals surface area (Å²) in [5.41, 5.74) is 5.31. The molecule has 0 aliphatic carbocycles. The van der Waals surface area contributed by atoms with Gasteiger partial charge in [-0.3, -0.25) is 0 Å². The molecular formula is C12H27NO2. The highest BCUT2D eigenvalue weighted by Gasteiger charge is 2.42. The Morgan fingerprint density at radius 3 is 1.87 bits per heavy atom. The van der Waals surface area contributed by atoms with E-state index in [1.807, 2.05) is 0 Å². The van der Waals surface area contributed by atoms with Gasteiger partial charge in [-0.1, -0.05) is 33.1 Å². The van der Waals surface area contributed by atoms with Crippen LogP contribution in [0.3, 0.4) is 0 Å². The van der Waals surface area contributed by atoms with Gasteiger partial charge in [0.05, 0.1) is 17.7 Å². The monoisotopic (exact) mass is 217 g/mol. The Kier molecular flexibility index (Phi) is 6.41. The molecule has 0 aromatic carbocycles. The van der Waals surface area contributed by atoms with Gasteiger partial charge in [0.1, 0.15) is 0 Å². The number of rotatable bonds is 7. The van der Waals surface area contributed by atoms with Crippen molar-refractivity contribution >= 4 is 0 Å². The standard InChI is InChI=1S/C12H27NO2/c1-5-7-8-11(6-2)12(13,9(3)14)10(4)15/h9-11,14-15H,5-8,13H2,1-4H3. The molecule has 15 heavy (non-hydrogen) atoms. The first-order valence-electron chi connectivity index (χ1n) is 6.06. The first-order chi connectivity index (χ1) is 6.91. The molecular weight excluding hydrogens is 190 g/mol. The SMILES string of the molecule is CCCCC(CC)C(N)(C(C)O)C(C)O. The lowest BCUT2D eigenvalue weighted by Gasteiger charge is -2.42. The van der Waals surface area contributed by atoms with Gasteiger partial charge in [0.2, 0.25) is 0 Å². The van der Waals surface area contributed by atoms with Crippen LogP contribution >= 0.6 is 0 Å². The number of hydrogen-bond acceptors (Lipinski definition) is 3. The van der Waals surface area contributed by atoms with Crippen molar-refractivity contribution in [3.8, 4) is 0 Å². The average Bonchev–Trinajstić information content (AvgIpc) is 2.17. The van der Waals surface area contributed by atoms with Crippen LogP contribution in [0.2, 0.25) is 0 Å². The number of aliphatic hydroxyl groups is 2. The highest BCUT2D eigenvalue weighted by Crippen LogP contribution is 2.30. The summed E-state index contributed by atoms with van der Waals surface area (Å²) < 4.78 is 0. The van der Waals surface area contributed by atoms with Crippen LogP contribution in [-0.4, -0.2) is 28.0 Å². The fraction of sp³-hybridized carbons (Fsp3) is 1.00. The summed E-state index contributed by atoms with van der Waals surface area (Å²) in [6.45, 7) is 7.53. The topological polar surface area (TPSA) is 66.5 Å². The Morgan fingerprint density at radius 1 is 1.13 bits per heavy atom. The Bertz CT molecular complexity index is 161. The Balaban J connectivity index is 4.70. The predicted molar refractivity (Wildman–Crippen MR) is 63.6 cm³/mol. The van der Waals surface area contributed by atoms with E-state index in [9.17, 15) is 10.2 Å². The summed E-state index contributed by atoms with van der Waals surface area (Å²) in [5, 5.41) is 19.5. The van der Waals surface area contributed by atoms with E-state index >= 15 is 0 Å². The van der Waals surface area contributed by atoms with Crippen molar-refractivity contribution in [1.29, 1.82) is 0 Å². The third-order valence-electron chi connectivity index (χ3n) is 3.55. The molecule has 0 saturated carbocycles. The number of aliphatic hydroxyl groups excluding tert-OH is 2. The van der Waals surface area contributed by atoms with E-state index in [-0.39, 0.29) is 5.92 Å². The first-order valence-corrected chi connectivity index (χ1v) is 6.06. The Hall–Kier alpha value is -0.120. The van der Waals surface area contributed by atoms with Gasteiger partial charge < -0.3 is 15.9 Å². The molecule has 0 rings (SSSR count). The normalized spacial score (nSPS) is 21.8. The van der Waals surface area contributed by atoms with Gasteiger partial charge in [-0.05, 0) is 26.2 Å². The van der Waals surface area contributed by atoms with E-state index in [1.165, 1.54) is 0 Å². The summed E-state index contributed by atoms with van der Waals surface area (Å²) in [7, 11) is 0. The second-order valence-corrected chi connectivity index (χ2v) is 4.60. The lowest BCUT2D eigenvalue weighted by Crippen LogP contribution is -2.62. The maximum absolute atomic E-state index is 9.76. The third kappa shape index (κ3) is 3.44. The van der Waals surface area contributed by atoms with Gasteiger partial charge in [0.15, 0.2) is 0 Å². The highest BCUT2D eigenvalue weighted by molar-refractivity contribution is 4.99. The fourth-order valence-electron chi connectivity index (χ4n) is 2.29. The Morgan fingerprint density at radius 2 is 1.60 bits per heavy atom. The van der Waals surface area contributed by atoms with Gasteiger partial charge in [-0.15, -0.1) is 0 Å². The minimum atomic E-state index is -0.871. The van der Waals surface area contributed by atoms with Gasteiger partial charge in [-0.2, -0.15) is 0 Å². The molecule has 0 amide bonds. The molecule has 3 nitrogen and oxygen atoms in total. The molecule has 0 bridgehead atoms. The molecule has 0 aromatic heterocycles. The van der Waals surface area contributed by atoms with Crippen LogP contribution in [0.25, 0.3) is 0 Å². The van der Waals surface area contributed by atoms with Crippen molar-refractivity contribution in [2.24, 2.45) is 11.7 Å². The van der Waals surface area contributed by atoms with Gasteiger partial charge in [0.25, 0.3) is 0 Å². The van der Waals surface area contributed by atoms with Crippen LogP contribution in [0.4, 0.5) is 0 Å². The minimum Gasteiger partial charge on any atom is -0.391 e. The zero-order valence-electron chi connectivity index (χ0n) is 10.5.